The van der Waals surface area contributed by atoms with Crippen molar-refractivity contribution in [2.24, 2.45) is 5.41 Å². The highest BCUT2D eigenvalue weighted by molar-refractivity contribution is 5.67. The molecule has 0 radical (unpaired) electrons. The molecule has 1 aromatic rings. The van der Waals surface area contributed by atoms with Crippen LogP contribution < -0.4 is 0 Å². The van der Waals surface area contributed by atoms with Crippen LogP contribution in [0.25, 0.3) is 0 Å². The average Bonchev–Trinajstić information content (AvgIpc) is 2.38. The molecule has 1 N–H and O–H groups in total. The molecular weight excluding hydrogens is 248 g/mol. The number of hydrogen-bond donors (Lipinski definition) is 1. The molecule has 0 unspecified atom stereocenters. The molecule has 2 rings (SSSR count). The monoisotopic (exact) mass is 274 g/mol. The molecular formula is C18H26O2. The summed E-state index contributed by atoms with van der Waals surface area (Å²) in [5.41, 5.74) is 4.06. The predicted molar refractivity (Wildman–Crippen MR) is 82.0 cm³/mol. The summed E-state index contributed by atoms with van der Waals surface area (Å²) < 4.78 is 0. The molecule has 0 aliphatic heterocycles. The van der Waals surface area contributed by atoms with E-state index in [4.69, 9.17) is 0 Å². The van der Waals surface area contributed by atoms with Crippen molar-refractivity contribution in [2.45, 2.75) is 65.2 Å². The Hall–Kier alpha value is -1.31. The lowest BCUT2D eigenvalue weighted by Crippen LogP contribution is -2.28. The Morgan fingerprint density at radius 3 is 2.50 bits per heavy atom. The minimum atomic E-state index is -0.632. The van der Waals surface area contributed by atoms with Crippen LogP contribution in [0.5, 0.6) is 0 Å². The topological polar surface area (TPSA) is 37.3 Å². The van der Waals surface area contributed by atoms with E-state index in [-0.39, 0.29) is 5.41 Å². The Bertz CT molecular complexity index is 470. The van der Waals surface area contributed by atoms with Gasteiger partial charge in [0.05, 0.1) is 6.42 Å². The first kappa shape index (κ1) is 15.1. The third-order valence-electron chi connectivity index (χ3n) is 4.86. The number of carboxylic acid groups (broad SMARTS) is 1. The van der Waals surface area contributed by atoms with Crippen molar-refractivity contribution in [3.63, 3.8) is 0 Å². The number of rotatable bonds is 5. The first-order chi connectivity index (χ1) is 9.51. The molecule has 0 atom stereocenters. The highest BCUT2D eigenvalue weighted by Gasteiger charge is 2.33. The molecule has 2 nitrogen and oxygen atoms in total. The zero-order chi connectivity index (χ0) is 14.6. The minimum Gasteiger partial charge on any atom is -0.481 e. The van der Waals surface area contributed by atoms with E-state index in [0.29, 0.717) is 6.42 Å². The number of aryl methyl sites for hydroxylation is 3. The van der Waals surface area contributed by atoms with Crippen molar-refractivity contribution in [2.75, 3.05) is 0 Å². The lowest BCUT2D eigenvalue weighted by atomic mass is 9.68. The molecule has 0 bridgehead atoms. The molecule has 1 aliphatic carbocycles. The van der Waals surface area contributed by atoms with E-state index in [1.807, 2.05) is 0 Å². The Morgan fingerprint density at radius 2 is 1.90 bits per heavy atom. The van der Waals surface area contributed by atoms with Crippen LogP contribution >= 0.6 is 0 Å². The van der Waals surface area contributed by atoms with Gasteiger partial charge in [-0.25, -0.2) is 0 Å². The maximum Gasteiger partial charge on any atom is 0.303 e. The van der Waals surface area contributed by atoms with Gasteiger partial charge in [-0.2, -0.15) is 0 Å². The molecule has 0 aromatic heterocycles. The Morgan fingerprint density at radius 1 is 1.20 bits per heavy atom. The molecule has 2 heteroatoms. The minimum absolute atomic E-state index is 0.0431. The molecule has 1 aromatic carbocycles. The molecule has 1 aliphatic rings. The summed E-state index contributed by atoms with van der Waals surface area (Å²) in [7, 11) is 0. The molecule has 20 heavy (non-hydrogen) atoms. The first-order valence-electron chi connectivity index (χ1n) is 7.79. The van der Waals surface area contributed by atoms with Crippen LogP contribution in [0.2, 0.25) is 0 Å². The van der Waals surface area contributed by atoms with Gasteiger partial charge in [-0.1, -0.05) is 43.0 Å². The zero-order valence-electron chi connectivity index (χ0n) is 12.7. The molecule has 0 spiro atoms. The SMILES string of the molecule is Cc1ccc(CCC2(CC(=O)O)CCCCC2)c(C)c1. The first-order valence-corrected chi connectivity index (χ1v) is 7.79. The van der Waals surface area contributed by atoms with Gasteiger partial charge >= 0.3 is 5.97 Å². The van der Waals surface area contributed by atoms with Gasteiger partial charge in [0.15, 0.2) is 0 Å². The lowest BCUT2D eigenvalue weighted by molar-refractivity contribution is -0.140. The van der Waals surface area contributed by atoms with Crippen LogP contribution in [0.3, 0.4) is 0 Å². The van der Waals surface area contributed by atoms with Gasteiger partial charge in [0, 0.05) is 0 Å². The van der Waals surface area contributed by atoms with Crippen molar-refractivity contribution >= 4 is 5.97 Å². The van der Waals surface area contributed by atoms with Gasteiger partial charge in [0.25, 0.3) is 0 Å². The van der Waals surface area contributed by atoms with Crippen LogP contribution in [-0.2, 0) is 11.2 Å². The Labute approximate surface area is 122 Å². The summed E-state index contributed by atoms with van der Waals surface area (Å²) in [6.07, 6.45) is 8.21. The number of carboxylic acids is 1. The van der Waals surface area contributed by atoms with E-state index in [1.54, 1.807) is 0 Å². The largest absolute Gasteiger partial charge is 0.481 e. The second-order valence-corrected chi connectivity index (χ2v) is 6.56. The number of carbonyl (C=O) groups is 1. The van der Waals surface area contributed by atoms with Crippen LogP contribution in [0.15, 0.2) is 18.2 Å². The van der Waals surface area contributed by atoms with Crippen LogP contribution in [0.4, 0.5) is 0 Å². The second kappa shape index (κ2) is 6.43. The molecule has 110 valence electrons. The van der Waals surface area contributed by atoms with Crippen molar-refractivity contribution in [3.05, 3.63) is 34.9 Å². The van der Waals surface area contributed by atoms with E-state index < -0.39 is 5.97 Å². The lowest BCUT2D eigenvalue weighted by Gasteiger charge is -2.36. The maximum atomic E-state index is 11.2. The standard InChI is InChI=1S/C18H26O2/c1-14-6-7-16(15(2)12-14)8-11-18(13-17(19)20)9-4-3-5-10-18/h6-7,12H,3-5,8-11,13H2,1-2H3,(H,19,20). The second-order valence-electron chi connectivity index (χ2n) is 6.56. The maximum absolute atomic E-state index is 11.2. The van der Waals surface area contributed by atoms with Crippen LogP contribution in [0, 0.1) is 19.3 Å². The van der Waals surface area contributed by atoms with Gasteiger partial charge in [0.2, 0.25) is 0 Å². The van der Waals surface area contributed by atoms with E-state index in [0.717, 1.165) is 25.7 Å². The van der Waals surface area contributed by atoms with Crippen LogP contribution in [-0.4, -0.2) is 11.1 Å². The van der Waals surface area contributed by atoms with E-state index in [1.165, 1.54) is 36.0 Å². The van der Waals surface area contributed by atoms with E-state index in [9.17, 15) is 9.90 Å². The number of hydrogen-bond acceptors (Lipinski definition) is 1. The molecule has 0 amide bonds. The average molecular weight is 274 g/mol. The highest BCUT2D eigenvalue weighted by Crippen LogP contribution is 2.43. The predicted octanol–water partition coefficient (Wildman–Crippen LogP) is 4.66. The quantitative estimate of drug-likeness (QED) is 0.847. The Kier molecular flexibility index (Phi) is 4.85. The molecule has 1 fully saturated rings. The Balaban J connectivity index is 2.06. The zero-order valence-corrected chi connectivity index (χ0v) is 12.7. The van der Waals surface area contributed by atoms with Gasteiger partial charge in [0.1, 0.15) is 0 Å². The molecule has 0 saturated heterocycles. The van der Waals surface area contributed by atoms with Gasteiger partial charge in [-0.15, -0.1) is 0 Å². The summed E-state index contributed by atoms with van der Waals surface area (Å²) in [5, 5.41) is 9.22. The highest BCUT2D eigenvalue weighted by atomic mass is 16.4. The van der Waals surface area contributed by atoms with Gasteiger partial charge in [-0.3, -0.25) is 4.79 Å². The van der Waals surface area contributed by atoms with Crippen molar-refractivity contribution in [1.82, 2.24) is 0 Å². The van der Waals surface area contributed by atoms with Crippen LogP contribution in [0.1, 0.15) is 61.6 Å². The molecule has 0 heterocycles. The summed E-state index contributed by atoms with van der Waals surface area (Å²) in [6, 6.07) is 6.59. The van der Waals surface area contributed by atoms with Gasteiger partial charge < -0.3 is 5.11 Å². The summed E-state index contributed by atoms with van der Waals surface area (Å²) in [4.78, 5) is 11.2. The van der Waals surface area contributed by atoms with Gasteiger partial charge in [-0.05, 0) is 56.1 Å². The number of benzene rings is 1. The third-order valence-corrected chi connectivity index (χ3v) is 4.86. The summed E-state index contributed by atoms with van der Waals surface area (Å²) in [6.45, 7) is 4.27. The smallest absolute Gasteiger partial charge is 0.303 e. The fourth-order valence-electron chi connectivity index (χ4n) is 3.66. The van der Waals surface area contributed by atoms with E-state index in [2.05, 4.69) is 32.0 Å². The van der Waals surface area contributed by atoms with Crippen molar-refractivity contribution in [3.8, 4) is 0 Å². The van der Waals surface area contributed by atoms with Crippen molar-refractivity contribution in [1.29, 1.82) is 0 Å². The normalized spacial score (nSPS) is 17.9. The number of aliphatic carboxylic acids is 1. The summed E-state index contributed by atoms with van der Waals surface area (Å²) >= 11 is 0. The van der Waals surface area contributed by atoms with E-state index >= 15 is 0 Å². The van der Waals surface area contributed by atoms with Crippen molar-refractivity contribution < 1.29 is 9.90 Å². The summed E-state index contributed by atoms with van der Waals surface area (Å²) in [5.74, 6) is -0.632. The fraction of sp³-hybridized carbons (Fsp3) is 0.611. The molecule has 1 saturated carbocycles. The third kappa shape index (κ3) is 3.84. The fourth-order valence-corrected chi connectivity index (χ4v) is 3.66.